The van der Waals surface area contributed by atoms with Crippen molar-refractivity contribution >= 4 is 15.9 Å². The Morgan fingerprint density at radius 2 is 1.65 bits per heavy atom. The van der Waals surface area contributed by atoms with Crippen molar-refractivity contribution < 1.29 is 18.4 Å². The highest BCUT2D eigenvalue weighted by atomic mass is 79.9. The van der Waals surface area contributed by atoms with E-state index in [2.05, 4.69) is 36.6 Å². The Labute approximate surface area is 230 Å². The molecule has 1 aromatic heterocycles. The second-order valence-electron chi connectivity index (χ2n) is 9.05. The first-order chi connectivity index (χ1) is 17.9. The average molecular weight is 569 g/mol. The van der Waals surface area contributed by atoms with E-state index in [0.717, 1.165) is 40.1 Å². The summed E-state index contributed by atoms with van der Waals surface area (Å²) in [4.78, 5) is 4.71. The van der Waals surface area contributed by atoms with E-state index in [0.29, 0.717) is 19.0 Å². The summed E-state index contributed by atoms with van der Waals surface area (Å²) in [7, 11) is 6.08. The molecule has 198 valence electrons. The molecule has 0 aliphatic heterocycles. The van der Waals surface area contributed by atoms with Gasteiger partial charge in [0.2, 0.25) is 5.89 Å². The van der Waals surface area contributed by atoms with E-state index in [1.165, 1.54) is 0 Å². The summed E-state index contributed by atoms with van der Waals surface area (Å²) in [6.45, 7) is 7.96. The van der Waals surface area contributed by atoms with Crippen LogP contribution in [-0.2, 0) is 21.6 Å². The highest BCUT2D eigenvalue weighted by Crippen LogP contribution is 2.39. The second kappa shape index (κ2) is 15.4. The lowest BCUT2D eigenvalue weighted by atomic mass is 9.86. The number of methoxy groups -OCH3 is 1. The number of quaternary nitrogens is 1. The Balaban J connectivity index is 0.00000235. The van der Waals surface area contributed by atoms with E-state index >= 15 is 0 Å². The van der Waals surface area contributed by atoms with Gasteiger partial charge in [-0.1, -0.05) is 95.3 Å². The van der Waals surface area contributed by atoms with Crippen LogP contribution in [0.2, 0.25) is 0 Å². The smallest absolute Gasteiger partial charge is 0.236 e. The lowest BCUT2D eigenvalue weighted by Crippen LogP contribution is -2.39. The molecule has 0 atom stereocenters. The summed E-state index contributed by atoms with van der Waals surface area (Å²) < 4.78 is 19.2. The maximum absolute atomic E-state index is 6.38. The van der Waals surface area contributed by atoms with Gasteiger partial charge in [0, 0.05) is 13.5 Å². The van der Waals surface area contributed by atoms with Gasteiger partial charge in [-0.2, -0.15) is 0 Å². The van der Waals surface area contributed by atoms with Crippen LogP contribution in [-0.4, -0.2) is 49.7 Å². The van der Waals surface area contributed by atoms with Crippen LogP contribution < -0.4 is 0 Å². The van der Waals surface area contributed by atoms with Crippen molar-refractivity contribution in [1.29, 1.82) is 0 Å². The quantitative estimate of drug-likeness (QED) is 0.0716. The number of allylic oxidation sites excluding steroid dienone is 4. The van der Waals surface area contributed by atoms with Crippen LogP contribution in [0.3, 0.4) is 0 Å². The number of benzene rings is 2. The molecule has 0 saturated heterocycles. The lowest BCUT2D eigenvalue weighted by molar-refractivity contribution is -0.904. The molecule has 1 heterocycles. The van der Waals surface area contributed by atoms with Crippen LogP contribution in [0.25, 0.3) is 0 Å². The van der Waals surface area contributed by atoms with Crippen LogP contribution >= 0.6 is 15.9 Å². The maximum Gasteiger partial charge on any atom is 0.236 e. The zero-order valence-electron chi connectivity index (χ0n) is 22.7. The van der Waals surface area contributed by atoms with Gasteiger partial charge in [0.25, 0.3) is 0 Å². The number of alkyl halides is 1. The standard InChI is InChI=1S/C30H37N2O3.CH3Br/c1-6-8-20-27(7-2)34-22-15-21-32(3,4)24-28-23-31-29(35-28)30(33-5,25-16-11-9-12-17-25)26-18-13-10-14-19-26;1-2/h6-14,16-20,23H,1,15,21-22,24H2,2-5H3;1H3/q+1;/b20-8-,27-7+;. The molecule has 0 radical (unpaired) electrons. The second-order valence-corrected chi connectivity index (χ2v) is 9.05. The van der Waals surface area contributed by atoms with Crippen LogP contribution in [0.1, 0.15) is 36.1 Å². The van der Waals surface area contributed by atoms with Gasteiger partial charge in [-0.15, -0.1) is 0 Å². The highest BCUT2D eigenvalue weighted by molar-refractivity contribution is 9.08. The largest absolute Gasteiger partial charge is 0.494 e. The molecule has 0 amide bonds. The topological polar surface area (TPSA) is 44.5 Å². The zero-order chi connectivity index (χ0) is 27.2. The first kappa shape index (κ1) is 30.3. The molecule has 0 saturated carbocycles. The maximum atomic E-state index is 6.38. The van der Waals surface area contributed by atoms with Crippen LogP contribution in [0.15, 0.2) is 108 Å². The molecule has 0 bridgehead atoms. The molecule has 0 spiro atoms. The van der Waals surface area contributed by atoms with E-state index in [1.54, 1.807) is 13.2 Å². The summed E-state index contributed by atoms with van der Waals surface area (Å²) in [6, 6.07) is 20.2. The first-order valence-electron chi connectivity index (χ1n) is 12.3. The van der Waals surface area contributed by atoms with E-state index in [-0.39, 0.29) is 0 Å². The Morgan fingerprint density at radius 3 is 2.16 bits per heavy atom. The molecule has 0 N–H and O–H groups in total. The highest BCUT2D eigenvalue weighted by Gasteiger charge is 2.41. The molecular weight excluding hydrogens is 528 g/mol. The number of hydrogen-bond donors (Lipinski definition) is 0. The Bertz CT molecular complexity index is 1080. The third-order valence-corrected chi connectivity index (χ3v) is 5.96. The molecule has 0 fully saturated rings. The summed E-state index contributed by atoms with van der Waals surface area (Å²) in [5, 5.41) is 0. The third-order valence-electron chi connectivity index (χ3n) is 5.96. The number of aromatic nitrogens is 1. The van der Waals surface area contributed by atoms with Crippen molar-refractivity contribution in [3.8, 4) is 0 Å². The Hall–Kier alpha value is -2.93. The fraction of sp³-hybridized carbons (Fsp3) is 0.323. The minimum Gasteiger partial charge on any atom is -0.494 e. The number of hydrogen-bond acceptors (Lipinski definition) is 4. The van der Waals surface area contributed by atoms with Gasteiger partial charge < -0.3 is 18.4 Å². The molecule has 3 aromatic rings. The number of nitrogens with zero attached hydrogens (tertiary/aromatic N) is 2. The summed E-state index contributed by atoms with van der Waals surface area (Å²) in [6.07, 6.45) is 10.2. The van der Waals surface area contributed by atoms with Crippen LogP contribution in [0.4, 0.5) is 0 Å². The van der Waals surface area contributed by atoms with Crippen molar-refractivity contribution in [3.63, 3.8) is 0 Å². The summed E-state index contributed by atoms with van der Waals surface area (Å²) in [5.41, 5.74) is 1.02. The van der Waals surface area contributed by atoms with Crippen molar-refractivity contribution in [1.82, 2.24) is 4.98 Å². The van der Waals surface area contributed by atoms with E-state index in [9.17, 15) is 0 Å². The summed E-state index contributed by atoms with van der Waals surface area (Å²) in [5.74, 6) is 4.02. The molecule has 6 heteroatoms. The van der Waals surface area contributed by atoms with Crippen molar-refractivity contribution in [3.05, 3.63) is 126 Å². The summed E-state index contributed by atoms with van der Waals surface area (Å²) >= 11 is 2.94. The predicted molar refractivity (Wildman–Crippen MR) is 155 cm³/mol. The van der Waals surface area contributed by atoms with Crippen molar-refractivity contribution in [2.45, 2.75) is 25.5 Å². The van der Waals surface area contributed by atoms with Gasteiger partial charge >= 0.3 is 0 Å². The molecule has 5 nitrogen and oxygen atoms in total. The van der Waals surface area contributed by atoms with Gasteiger partial charge in [0.05, 0.1) is 33.4 Å². The minimum atomic E-state index is -0.923. The van der Waals surface area contributed by atoms with Gasteiger partial charge in [0.15, 0.2) is 11.4 Å². The zero-order valence-corrected chi connectivity index (χ0v) is 24.3. The Kier molecular flexibility index (Phi) is 12.6. The third kappa shape index (κ3) is 8.29. The number of ether oxygens (including phenoxy) is 2. The SMILES string of the molecule is C=C/C=C\C(=C/C)OCCC[N+](C)(C)Cc1cnc(C(OC)(c2ccccc2)c2ccccc2)o1.CBr. The molecule has 2 aromatic carbocycles. The molecule has 3 rings (SSSR count). The first-order valence-corrected chi connectivity index (χ1v) is 13.9. The molecule has 37 heavy (non-hydrogen) atoms. The molecule has 0 aliphatic rings. The number of halogens is 1. The normalized spacial score (nSPS) is 12.2. The minimum absolute atomic E-state index is 0.530. The van der Waals surface area contributed by atoms with Gasteiger partial charge in [-0.05, 0) is 36.0 Å². The van der Waals surface area contributed by atoms with E-state index < -0.39 is 5.60 Å². The predicted octanol–water partition coefficient (Wildman–Crippen LogP) is 7.25. The fourth-order valence-electron chi connectivity index (χ4n) is 4.20. The van der Waals surface area contributed by atoms with Crippen molar-refractivity contribution in [2.75, 3.05) is 40.2 Å². The van der Waals surface area contributed by atoms with Gasteiger partial charge in [-0.25, -0.2) is 4.98 Å². The van der Waals surface area contributed by atoms with E-state index in [1.807, 2.05) is 97.8 Å². The van der Waals surface area contributed by atoms with Crippen LogP contribution in [0, 0.1) is 0 Å². The van der Waals surface area contributed by atoms with E-state index in [4.69, 9.17) is 18.9 Å². The average Bonchev–Trinajstić information content (AvgIpc) is 3.39. The lowest BCUT2D eigenvalue weighted by Gasteiger charge is -2.31. The monoisotopic (exact) mass is 567 g/mol. The number of rotatable bonds is 13. The fourth-order valence-corrected chi connectivity index (χ4v) is 4.20. The number of oxazole rings is 1. The molecule has 0 aliphatic carbocycles. The van der Waals surface area contributed by atoms with Crippen LogP contribution in [0.5, 0.6) is 0 Å². The molecular formula is C31H40BrN2O3+. The van der Waals surface area contributed by atoms with Crippen molar-refractivity contribution in [2.24, 2.45) is 0 Å². The Morgan fingerprint density at radius 1 is 1.05 bits per heavy atom. The molecule has 0 unspecified atom stereocenters. The van der Waals surface area contributed by atoms with Gasteiger partial charge in [0.1, 0.15) is 12.3 Å². The van der Waals surface area contributed by atoms with Gasteiger partial charge in [-0.3, -0.25) is 0 Å².